The number of ketones is 1. The Kier molecular flexibility index (Phi) is 6.96. The SMILES string of the molecule is CC.CNC1CCCN(CC(C)=O)C1=O. The van der Waals surface area contributed by atoms with Crippen LogP contribution in [-0.2, 0) is 9.59 Å². The molecule has 0 spiro atoms. The molecule has 0 aromatic carbocycles. The molecule has 1 atom stereocenters. The zero-order chi connectivity index (χ0) is 11.8. The second-order valence-electron chi connectivity index (χ2n) is 3.45. The standard InChI is InChI=1S/C9H16N2O2.C2H6/c1-7(12)6-11-5-3-4-8(10-2)9(11)13;1-2/h8,10H,3-6H2,1-2H3;1-2H3. The molecule has 1 rings (SSSR count). The fraction of sp³-hybridized carbons (Fsp3) is 0.818. The summed E-state index contributed by atoms with van der Waals surface area (Å²) < 4.78 is 0. The Morgan fingerprint density at radius 2 is 2.13 bits per heavy atom. The second-order valence-corrected chi connectivity index (χ2v) is 3.45. The molecule has 1 saturated heterocycles. The number of hydrogen-bond acceptors (Lipinski definition) is 3. The Morgan fingerprint density at radius 1 is 1.53 bits per heavy atom. The topological polar surface area (TPSA) is 49.4 Å². The number of hydrogen-bond donors (Lipinski definition) is 1. The smallest absolute Gasteiger partial charge is 0.240 e. The molecule has 0 aromatic rings. The van der Waals surface area contributed by atoms with E-state index in [2.05, 4.69) is 5.32 Å². The van der Waals surface area contributed by atoms with Gasteiger partial charge >= 0.3 is 0 Å². The van der Waals surface area contributed by atoms with Crippen LogP contribution in [-0.4, -0.2) is 42.8 Å². The summed E-state index contributed by atoms with van der Waals surface area (Å²) in [5.41, 5.74) is 0. The molecule has 88 valence electrons. The highest BCUT2D eigenvalue weighted by Gasteiger charge is 2.27. The largest absolute Gasteiger partial charge is 0.334 e. The number of carbonyl (C=O) groups is 2. The lowest BCUT2D eigenvalue weighted by molar-refractivity contribution is -0.138. The summed E-state index contributed by atoms with van der Waals surface area (Å²) >= 11 is 0. The number of likely N-dealkylation sites (tertiary alicyclic amines) is 1. The maximum absolute atomic E-state index is 11.6. The van der Waals surface area contributed by atoms with E-state index in [0.29, 0.717) is 0 Å². The summed E-state index contributed by atoms with van der Waals surface area (Å²) in [6, 6.07) is -0.0897. The predicted molar refractivity (Wildman–Crippen MR) is 60.7 cm³/mol. The van der Waals surface area contributed by atoms with E-state index in [4.69, 9.17) is 0 Å². The van der Waals surface area contributed by atoms with Gasteiger partial charge in [0, 0.05) is 6.54 Å². The van der Waals surface area contributed by atoms with Gasteiger partial charge in [-0.1, -0.05) is 13.8 Å². The van der Waals surface area contributed by atoms with E-state index >= 15 is 0 Å². The highest BCUT2D eigenvalue weighted by atomic mass is 16.2. The van der Waals surface area contributed by atoms with Crippen molar-refractivity contribution in [2.75, 3.05) is 20.1 Å². The lowest BCUT2D eigenvalue weighted by Crippen LogP contribution is -2.50. The number of carbonyl (C=O) groups excluding carboxylic acids is 2. The van der Waals surface area contributed by atoms with E-state index < -0.39 is 0 Å². The molecule has 0 saturated carbocycles. The average molecular weight is 214 g/mol. The Hall–Kier alpha value is -0.900. The first-order chi connectivity index (χ1) is 7.15. The minimum absolute atomic E-state index is 0.0464. The summed E-state index contributed by atoms with van der Waals surface area (Å²) in [7, 11) is 1.78. The molecular formula is C11H22N2O2. The van der Waals surface area contributed by atoms with E-state index in [1.807, 2.05) is 13.8 Å². The van der Waals surface area contributed by atoms with Crippen LogP contribution in [0, 0.1) is 0 Å². The Morgan fingerprint density at radius 3 is 2.60 bits per heavy atom. The summed E-state index contributed by atoms with van der Waals surface area (Å²) in [5.74, 6) is 0.106. The quantitative estimate of drug-likeness (QED) is 0.756. The molecule has 0 radical (unpaired) electrons. The van der Waals surface area contributed by atoms with E-state index in [-0.39, 0.29) is 24.3 Å². The number of amides is 1. The van der Waals surface area contributed by atoms with Crippen LogP contribution in [0.1, 0.15) is 33.6 Å². The van der Waals surface area contributed by atoms with E-state index in [0.717, 1.165) is 19.4 Å². The molecule has 15 heavy (non-hydrogen) atoms. The molecule has 4 heteroatoms. The van der Waals surface area contributed by atoms with Gasteiger partial charge in [0.05, 0.1) is 12.6 Å². The van der Waals surface area contributed by atoms with Crippen molar-refractivity contribution >= 4 is 11.7 Å². The lowest BCUT2D eigenvalue weighted by Gasteiger charge is -2.31. The lowest BCUT2D eigenvalue weighted by atomic mass is 10.0. The third-order valence-electron chi connectivity index (χ3n) is 2.29. The molecule has 1 unspecified atom stereocenters. The second kappa shape index (κ2) is 7.40. The van der Waals surface area contributed by atoms with Gasteiger partial charge in [0.15, 0.2) is 0 Å². The van der Waals surface area contributed by atoms with Crippen molar-refractivity contribution < 1.29 is 9.59 Å². The molecule has 1 aliphatic rings. The molecular weight excluding hydrogens is 192 g/mol. The zero-order valence-electron chi connectivity index (χ0n) is 10.2. The first-order valence-electron chi connectivity index (χ1n) is 5.60. The molecule has 1 fully saturated rings. The number of rotatable bonds is 3. The number of nitrogens with one attached hydrogen (secondary N) is 1. The van der Waals surface area contributed by atoms with Crippen molar-refractivity contribution in [1.82, 2.24) is 10.2 Å². The monoisotopic (exact) mass is 214 g/mol. The molecule has 0 bridgehead atoms. The van der Waals surface area contributed by atoms with Crippen LogP contribution in [0.25, 0.3) is 0 Å². The van der Waals surface area contributed by atoms with Crippen LogP contribution in [0.4, 0.5) is 0 Å². The third-order valence-corrected chi connectivity index (χ3v) is 2.29. The van der Waals surface area contributed by atoms with Gasteiger partial charge < -0.3 is 10.2 Å². The maximum Gasteiger partial charge on any atom is 0.240 e. The van der Waals surface area contributed by atoms with Crippen molar-refractivity contribution in [3.63, 3.8) is 0 Å². The molecule has 0 aromatic heterocycles. The molecule has 1 N–H and O–H groups in total. The Bertz CT molecular complexity index is 217. The van der Waals surface area contributed by atoms with Gasteiger partial charge in [-0.05, 0) is 26.8 Å². The number of nitrogens with zero attached hydrogens (tertiary/aromatic N) is 1. The normalized spacial score (nSPS) is 20.7. The van der Waals surface area contributed by atoms with Crippen molar-refractivity contribution in [2.45, 2.75) is 39.7 Å². The number of likely N-dealkylation sites (N-methyl/N-ethyl adjacent to an activating group) is 1. The van der Waals surface area contributed by atoms with Crippen LogP contribution < -0.4 is 5.32 Å². The minimum Gasteiger partial charge on any atom is -0.334 e. The predicted octanol–water partition coefficient (Wildman–Crippen LogP) is 0.812. The molecule has 4 nitrogen and oxygen atoms in total. The number of Topliss-reactive ketones (excluding diaryl/α,β-unsaturated/α-hetero) is 1. The Balaban J connectivity index is 0.000000921. The van der Waals surface area contributed by atoms with E-state index in [1.165, 1.54) is 6.92 Å². The summed E-state index contributed by atoms with van der Waals surface area (Å²) in [5, 5.41) is 2.95. The maximum atomic E-state index is 11.6. The number of piperidine rings is 1. The van der Waals surface area contributed by atoms with Gasteiger partial charge in [0.25, 0.3) is 0 Å². The zero-order valence-corrected chi connectivity index (χ0v) is 10.2. The van der Waals surface area contributed by atoms with Gasteiger partial charge in [0.2, 0.25) is 5.91 Å². The van der Waals surface area contributed by atoms with Crippen LogP contribution in [0.5, 0.6) is 0 Å². The first kappa shape index (κ1) is 14.1. The van der Waals surface area contributed by atoms with Crippen LogP contribution >= 0.6 is 0 Å². The average Bonchev–Trinajstić information content (AvgIpc) is 2.23. The van der Waals surface area contributed by atoms with Gasteiger partial charge in [-0.2, -0.15) is 0 Å². The fourth-order valence-corrected chi connectivity index (χ4v) is 1.63. The third kappa shape index (κ3) is 4.42. The van der Waals surface area contributed by atoms with E-state index in [1.54, 1.807) is 11.9 Å². The van der Waals surface area contributed by atoms with Gasteiger partial charge in [-0.25, -0.2) is 0 Å². The van der Waals surface area contributed by atoms with E-state index in [9.17, 15) is 9.59 Å². The fourth-order valence-electron chi connectivity index (χ4n) is 1.63. The van der Waals surface area contributed by atoms with Crippen LogP contribution in [0.2, 0.25) is 0 Å². The van der Waals surface area contributed by atoms with Gasteiger partial charge in [-0.3, -0.25) is 9.59 Å². The minimum atomic E-state index is -0.0897. The van der Waals surface area contributed by atoms with Gasteiger partial charge in [-0.15, -0.1) is 0 Å². The summed E-state index contributed by atoms with van der Waals surface area (Å²) in [6.45, 7) is 6.49. The highest BCUT2D eigenvalue weighted by Crippen LogP contribution is 2.10. The molecule has 0 aliphatic carbocycles. The van der Waals surface area contributed by atoms with Crippen molar-refractivity contribution in [3.8, 4) is 0 Å². The first-order valence-corrected chi connectivity index (χ1v) is 5.60. The van der Waals surface area contributed by atoms with Crippen LogP contribution in [0.15, 0.2) is 0 Å². The Labute approximate surface area is 92.0 Å². The van der Waals surface area contributed by atoms with Gasteiger partial charge in [0.1, 0.15) is 5.78 Å². The molecule has 1 amide bonds. The summed E-state index contributed by atoms with van der Waals surface area (Å²) in [4.78, 5) is 24.1. The highest BCUT2D eigenvalue weighted by molar-refractivity contribution is 5.87. The van der Waals surface area contributed by atoms with Crippen molar-refractivity contribution in [3.05, 3.63) is 0 Å². The van der Waals surface area contributed by atoms with Crippen molar-refractivity contribution in [2.24, 2.45) is 0 Å². The van der Waals surface area contributed by atoms with Crippen molar-refractivity contribution in [1.29, 1.82) is 0 Å². The summed E-state index contributed by atoms with van der Waals surface area (Å²) in [6.07, 6.45) is 1.86. The molecule has 1 aliphatic heterocycles. The molecule has 1 heterocycles. The van der Waals surface area contributed by atoms with Crippen LogP contribution in [0.3, 0.4) is 0 Å².